The molecule has 0 saturated heterocycles. The van der Waals surface area contributed by atoms with Crippen LogP contribution in [-0.2, 0) is 11.5 Å². The molecule has 0 amide bonds. The van der Waals surface area contributed by atoms with Gasteiger partial charge in [-0.15, -0.1) is 0 Å². The first-order valence-electron chi connectivity index (χ1n) is 4.29. The van der Waals surface area contributed by atoms with E-state index in [-0.39, 0.29) is 12.4 Å². The molecule has 2 rings (SSSR count). The predicted octanol–water partition coefficient (Wildman–Crippen LogP) is 2.54. The van der Waals surface area contributed by atoms with Crippen LogP contribution >= 0.6 is 0 Å². The van der Waals surface area contributed by atoms with E-state index in [1.165, 1.54) is 0 Å². The Hall–Kier alpha value is -1.58. The summed E-state index contributed by atoms with van der Waals surface area (Å²) in [5, 5.41) is 19.8. The molecule has 3 nitrogen and oxygen atoms in total. The van der Waals surface area contributed by atoms with Crippen LogP contribution in [0.2, 0.25) is 0 Å². The topological polar surface area (TPSA) is 49.7 Å². The molecule has 0 atom stereocenters. The van der Waals surface area contributed by atoms with Gasteiger partial charge in [0.25, 0.3) is 0 Å². The van der Waals surface area contributed by atoms with Crippen LogP contribution in [0.15, 0.2) is 36.4 Å². The standard InChI is InChI=1S/C11H10O3/c12-11-9(7-14-13)6-5-8-3-1-2-4-10(8)11/h1-6,12-13H,7H2. The van der Waals surface area contributed by atoms with Crippen molar-refractivity contribution in [2.75, 3.05) is 0 Å². The smallest absolute Gasteiger partial charge is 0.129 e. The van der Waals surface area contributed by atoms with Crippen LogP contribution in [0, 0.1) is 0 Å². The van der Waals surface area contributed by atoms with Crippen molar-refractivity contribution in [1.82, 2.24) is 0 Å². The summed E-state index contributed by atoms with van der Waals surface area (Å²) < 4.78 is 0. The van der Waals surface area contributed by atoms with E-state index < -0.39 is 0 Å². The number of hydrogen-bond donors (Lipinski definition) is 2. The molecular weight excluding hydrogens is 180 g/mol. The minimum absolute atomic E-state index is 0.00331. The summed E-state index contributed by atoms with van der Waals surface area (Å²) in [4.78, 5) is 4.00. The van der Waals surface area contributed by atoms with E-state index in [0.717, 1.165) is 10.8 Å². The van der Waals surface area contributed by atoms with E-state index in [2.05, 4.69) is 4.89 Å². The molecule has 2 aromatic rings. The molecule has 72 valence electrons. The normalized spacial score (nSPS) is 10.6. The zero-order valence-electron chi connectivity index (χ0n) is 7.47. The van der Waals surface area contributed by atoms with Gasteiger partial charge in [-0.3, -0.25) is 5.26 Å². The zero-order chi connectivity index (χ0) is 9.97. The van der Waals surface area contributed by atoms with Gasteiger partial charge in [-0.2, -0.15) is 0 Å². The van der Waals surface area contributed by atoms with Gasteiger partial charge in [0.1, 0.15) is 12.4 Å². The van der Waals surface area contributed by atoms with Crippen LogP contribution in [0.25, 0.3) is 10.8 Å². The summed E-state index contributed by atoms with van der Waals surface area (Å²) >= 11 is 0. The summed E-state index contributed by atoms with van der Waals surface area (Å²) in [5.41, 5.74) is 0.575. The number of benzene rings is 2. The Bertz CT molecular complexity index is 451. The molecular formula is C11H10O3. The molecule has 0 spiro atoms. The lowest BCUT2D eigenvalue weighted by molar-refractivity contribution is -0.253. The third-order valence-electron chi connectivity index (χ3n) is 2.20. The van der Waals surface area contributed by atoms with Crippen molar-refractivity contribution in [3.8, 4) is 5.75 Å². The molecule has 0 aliphatic rings. The van der Waals surface area contributed by atoms with Crippen molar-refractivity contribution in [3.63, 3.8) is 0 Å². The summed E-state index contributed by atoms with van der Waals surface area (Å²) in [6.07, 6.45) is 0. The van der Waals surface area contributed by atoms with Crippen molar-refractivity contribution in [3.05, 3.63) is 42.0 Å². The molecule has 0 aliphatic heterocycles. The lowest BCUT2D eigenvalue weighted by Gasteiger charge is -2.05. The predicted molar refractivity (Wildman–Crippen MR) is 53.0 cm³/mol. The van der Waals surface area contributed by atoms with Gasteiger partial charge in [-0.05, 0) is 5.39 Å². The highest BCUT2D eigenvalue weighted by Crippen LogP contribution is 2.28. The number of phenols is 1. The van der Waals surface area contributed by atoms with Crippen LogP contribution < -0.4 is 0 Å². The van der Waals surface area contributed by atoms with Crippen LogP contribution in [0.4, 0.5) is 0 Å². The molecule has 0 fully saturated rings. The Morgan fingerprint density at radius 1 is 1.07 bits per heavy atom. The van der Waals surface area contributed by atoms with Crippen molar-refractivity contribution in [2.24, 2.45) is 0 Å². The van der Waals surface area contributed by atoms with Gasteiger partial charge in [-0.25, -0.2) is 4.89 Å². The first kappa shape index (κ1) is 8.99. The highest BCUT2D eigenvalue weighted by Gasteiger charge is 2.05. The van der Waals surface area contributed by atoms with Crippen molar-refractivity contribution < 1.29 is 15.3 Å². The van der Waals surface area contributed by atoms with Gasteiger partial charge in [0.15, 0.2) is 0 Å². The van der Waals surface area contributed by atoms with Crippen LogP contribution in [0.5, 0.6) is 5.75 Å². The molecule has 0 unspecified atom stereocenters. The summed E-state index contributed by atoms with van der Waals surface area (Å²) in [6, 6.07) is 11.1. The fourth-order valence-electron chi connectivity index (χ4n) is 1.49. The van der Waals surface area contributed by atoms with Gasteiger partial charge >= 0.3 is 0 Å². The third kappa shape index (κ3) is 1.43. The SMILES string of the molecule is OOCc1ccc2ccccc2c1O. The minimum Gasteiger partial charge on any atom is -0.507 e. The van der Waals surface area contributed by atoms with E-state index >= 15 is 0 Å². The lowest BCUT2D eigenvalue weighted by atomic mass is 10.1. The molecule has 0 aliphatic carbocycles. The van der Waals surface area contributed by atoms with E-state index in [1.807, 2.05) is 30.3 Å². The average Bonchev–Trinajstić information content (AvgIpc) is 2.23. The average molecular weight is 190 g/mol. The molecule has 14 heavy (non-hydrogen) atoms. The molecule has 0 bridgehead atoms. The molecule has 2 aromatic carbocycles. The van der Waals surface area contributed by atoms with Crippen molar-refractivity contribution in [2.45, 2.75) is 6.61 Å². The highest BCUT2D eigenvalue weighted by molar-refractivity contribution is 5.89. The van der Waals surface area contributed by atoms with Gasteiger partial charge in [-0.1, -0.05) is 36.4 Å². The second-order valence-electron chi connectivity index (χ2n) is 3.07. The van der Waals surface area contributed by atoms with Crippen molar-refractivity contribution in [1.29, 1.82) is 0 Å². The second-order valence-corrected chi connectivity index (χ2v) is 3.07. The number of rotatable bonds is 2. The summed E-state index contributed by atoms with van der Waals surface area (Å²) in [7, 11) is 0. The molecule has 0 heterocycles. The molecule has 2 N–H and O–H groups in total. The number of aromatic hydroxyl groups is 1. The minimum atomic E-state index is -0.00331. The van der Waals surface area contributed by atoms with E-state index in [0.29, 0.717) is 5.56 Å². The monoisotopic (exact) mass is 190 g/mol. The maximum absolute atomic E-state index is 9.79. The van der Waals surface area contributed by atoms with Gasteiger partial charge < -0.3 is 5.11 Å². The fourth-order valence-corrected chi connectivity index (χ4v) is 1.49. The van der Waals surface area contributed by atoms with Crippen LogP contribution in [-0.4, -0.2) is 10.4 Å². The fraction of sp³-hybridized carbons (Fsp3) is 0.0909. The van der Waals surface area contributed by atoms with Crippen LogP contribution in [0.3, 0.4) is 0 Å². The van der Waals surface area contributed by atoms with Crippen LogP contribution in [0.1, 0.15) is 5.56 Å². The number of hydrogen-bond acceptors (Lipinski definition) is 3. The Morgan fingerprint density at radius 3 is 2.64 bits per heavy atom. The first-order chi connectivity index (χ1) is 6.83. The lowest BCUT2D eigenvalue weighted by Crippen LogP contribution is -1.89. The first-order valence-corrected chi connectivity index (χ1v) is 4.29. The number of fused-ring (bicyclic) bond motifs is 1. The van der Waals surface area contributed by atoms with Gasteiger partial charge in [0, 0.05) is 10.9 Å². The molecule has 0 saturated carbocycles. The third-order valence-corrected chi connectivity index (χ3v) is 2.20. The summed E-state index contributed by atoms with van der Waals surface area (Å²) in [5.74, 6) is 0.164. The number of phenolic OH excluding ortho intramolecular Hbond substituents is 1. The van der Waals surface area contributed by atoms with E-state index in [4.69, 9.17) is 5.26 Å². The maximum atomic E-state index is 9.79. The zero-order valence-corrected chi connectivity index (χ0v) is 7.47. The highest BCUT2D eigenvalue weighted by atomic mass is 17.1. The van der Waals surface area contributed by atoms with Gasteiger partial charge in [0.05, 0.1) is 0 Å². The maximum Gasteiger partial charge on any atom is 0.129 e. The molecule has 3 heteroatoms. The second kappa shape index (κ2) is 3.65. The Balaban J connectivity index is 2.63. The Labute approximate surface area is 81.1 Å². The van der Waals surface area contributed by atoms with Gasteiger partial charge in [0.2, 0.25) is 0 Å². The Kier molecular flexibility index (Phi) is 2.35. The summed E-state index contributed by atoms with van der Waals surface area (Å²) in [6.45, 7) is -0.00331. The molecule has 0 aromatic heterocycles. The quantitative estimate of drug-likeness (QED) is 0.565. The van der Waals surface area contributed by atoms with E-state index in [9.17, 15) is 5.11 Å². The Morgan fingerprint density at radius 2 is 1.86 bits per heavy atom. The molecule has 0 radical (unpaired) electrons. The largest absolute Gasteiger partial charge is 0.507 e. The van der Waals surface area contributed by atoms with Crippen molar-refractivity contribution >= 4 is 10.8 Å². The van der Waals surface area contributed by atoms with E-state index in [1.54, 1.807) is 6.07 Å².